The van der Waals surface area contributed by atoms with Crippen LogP contribution in [0.5, 0.6) is 0 Å². The molecule has 3 rings (SSSR count). The van der Waals surface area contributed by atoms with Crippen LogP contribution in [0.15, 0.2) is 41.1 Å². The van der Waals surface area contributed by atoms with Crippen LogP contribution in [0.3, 0.4) is 0 Å². The highest BCUT2D eigenvalue weighted by atomic mass is 16.3. The first-order chi connectivity index (χ1) is 8.77. The maximum atomic E-state index is 5.91. The maximum absolute atomic E-state index is 5.91. The van der Waals surface area contributed by atoms with Crippen molar-refractivity contribution in [1.82, 2.24) is 15.2 Å². The predicted octanol–water partition coefficient (Wildman–Crippen LogP) is 2.62. The van der Waals surface area contributed by atoms with E-state index in [4.69, 9.17) is 10.2 Å². The number of pyridine rings is 1. The van der Waals surface area contributed by atoms with E-state index in [1.165, 1.54) is 0 Å². The standard InChI is InChI=1S/C13H12N4O/c1-8-5-7-18-12(8)11-10(13(14)17-16-11)9-4-2-3-6-15-9/h2-7H,1H3,(H3,14,16,17). The van der Waals surface area contributed by atoms with Gasteiger partial charge in [-0.2, -0.15) is 5.10 Å². The largest absolute Gasteiger partial charge is 0.462 e. The Balaban J connectivity index is 2.22. The van der Waals surface area contributed by atoms with Crippen LogP contribution < -0.4 is 5.73 Å². The summed E-state index contributed by atoms with van der Waals surface area (Å²) in [5, 5.41) is 6.95. The third-order valence-corrected chi connectivity index (χ3v) is 2.80. The van der Waals surface area contributed by atoms with Crippen LogP contribution in [-0.2, 0) is 0 Å². The molecule has 0 saturated carbocycles. The lowest BCUT2D eigenvalue weighted by Crippen LogP contribution is -1.90. The summed E-state index contributed by atoms with van der Waals surface area (Å²) < 4.78 is 5.47. The highest BCUT2D eigenvalue weighted by molar-refractivity contribution is 5.85. The van der Waals surface area contributed by atoms with Gasteiger partial charge in [-0.05, 0) is 30.7 Å². The molecule has 5 heteroatoms. The highest BCUT2D eigenvalue weighted by Crippen LogP contribution is 2.35. The van der Waals surface area contributed by atoms with Gasteiger partial charge in [0.05, 0.1) is 17.5 Å². The molecule has 0 saturated heterocycles. The number of aromatic amines is 1. The van der Waals surface area contributed by atoms with Gasteiger partial charge in [0.1, 0.15) is 5.69 Å². The molecule has 90 valence electrons. The number of H-pyrrole nitrogens is 1. The lowest BCUT2D eigenvalue weighted by atomic mass is 10.1. The number of nitrogens with zero attached hydrogens (tertiary/aromatic N) is 2. The van der Waals surface area contributed by atoms with Gasteiger partial charge in [0.2, 0.25) is 0 Å². The Labute approximate surface area is 104 Å². The molecule has 3 heterocycles. The Morgan fingerprint density at radius 1 is 1.28 bits per heavy atom. The van der Waals surface area contributed by atoms with E-state index < -0.39 is 0 Å². The second-order valence-electron chi connectivity index (χ2n) is 4.01. The van der Waals surface area contributed by atoms with Gasteiger partial charge in [-0.15, -0.1) is 0 Å². The first kappa shape index (κ1) is 10.6. The summed E-state index contributed by atoms with van der Waals surface area (Å²) in [5.74, 6) is 1.15. The molecule has 3 aromatic rings. The van der Waals surface area contributed by atoms with Crippen LogP contribution in [0.1, 0.15) is 5.56 Å². The van der Waals surface area contributed by atoms with Crippen LogP contribution in [0.2, 0.25) is 0 Å². The van der Waals surface area contributed by atoms with Crippen molar-refractivity contribution >= 4 is 5.82 Å². The van der Waals surface area contributed by atoms with E-state index in [0.717, 1.165) is 28.3 Å². The number of aryl methyl sites for hydroxylation is 1. The highest BCUT2D eigenvalue weighted by Gasteiger charge is 2.18. The lowest BCUT2D eigenvalue weighted by molar-refractivity contribution is 0.578. The summed E-state index contributed by atoms with van der Waals surface area (Å²) in [4.78, 5) is 4.30. The number of nitrogens with one attached hydrogen (secondary N) is 1. The third kappa shape index (κ3) is 1.57. The molecular formula is C13H12N4O. The van der Waals surface area contributed by atoms with Gasteiger partial charge in [-0.1, -0.05) is 6.07 Å². The molecule has 0 unspecified atom stereocenters. The van der Waals surface area contributed by atoms with E-state index in [0.29, 0.717) is 5.82 Å². The van der Waals surface area contributed by atoms with Crippen molar-refractivity contribution in [1.29, 1.82) is 0 Å². The minimum atomic E-state index is 0.416. The first-order valence-corrected chi connectivity index (χ1v) is 5.57. The van der Waals surface area contributed by atoms with Crippen molar-refractivity contribution in [3.8, 4) is 22.7 Å². The third-order valence-electron chi connectivity index (χ3n) is 2.80. The van der Waals surface area contributed by atoms with Gasteiger partial charge in [0.15, 0.2) is 11.6 Å². The molecule has 0 aliphatic heterocycles. The number of nitrogens with two attached hydrogens (primary N) is 1. The van der Waals surface area contributed by atoms with E-state index in [9.17, 15) is 0 Å². The van der Waals surface area contributed by atoms with E-state index in [1.807, 2.05) is 31.2 Å². The van der Waals surface area contributed by atoms with Gasteiger partial charge < -0.3 is 10.2 Å². The number of rotatable bonds is 2. The average Bonchev–Trinajstić information content (AvgIpc) is 2.96. The van der Waals surface area contributed by atoms with Gasteiger partial charge in [-0.3, -0.25) is 10.1 Å². The number of hydrogen-bond donors (Lipinski definition) is 2. The first-order valence-electron chi connectivity index (χ1n) is 5.57. The van der Waals surface area contributed by atoms with Gasteiger partial charge in [-0.25, -0.2) is 0 Å². The Morgan fingerprint density at radius 3 is 2.83 bits per heavy atom. The van der Waals surface area contributed by atoms with Crippen LogP contribution in [0.4, 0.5) is 5.82 Å². The molecule has 0 spiro atoms. The van der Waals surface area contributed by atoms with Crippen LogP contribution in [-0.4, -0.2) is 15.2 Å². The van der Waals surface area contributed by atoms with Gasteiger partial charge in [0.25, 0.3) is 0 Å². The average molecular weight is 240 g/mol. The molecule has 0 aromatic carbocycles. The van der Waals surface area contributed by atoms with Crippen molar-refractivity contribution < 1.29 is 4.42 Å². The second-order valence-corrected chi connectivity index (χ2v) is 4.01. The topological polar surface area (TPSA) is 80.7 Å². The normalized spacial score (nSPS) is 10.7. The van der Waals surface area contributed by atoms with Crippen LogP contribution in [0.25, 0.3) is 22.7 Å². The number of hydrogen-bond acceptors (Lipinski definition) is 4. The molecule has 0 atom stereocenters. The summed E-state index contributed by atoms with van der Waals surface area (Å²) in [6.07, 6.45) is 3.37. The zero-order valence-corrected chi connectivity index (χ0v) is 9.84. The molecular weight excluding hydrogens is 228 g/mol. The van der Waals surface area contributed by atoms with Crippen molar-refractivity contribution in [3.05, 3.63) is 42.3 Å². The minimum Gasteiger partial charge on any atom is -0.462 e. The number of aromatic nitrogens is 3. The summed E-state index contributed by atoms with van der Waals surface area (Å²) >= 11 is 0. The molecule has 0 aliphatic rings. The monoisotopic (exact) mass is 240 g/mol. The summed E-state index contributed by atoms with van der Waals surface area (Å²) in [6.45, 7) is 1.97. The molecule has 0 bridgehead atoms. The maximum Gasteiger partial charge on any atom is 0.155 e. The molecule has 0 aliphatic carbocycles. The van der Waals surface area contributed by atoms with Crippen molar-refractivity contribution in [2.24, 2.45) is 0 Å². The van der Waals surface area contributed by atoms with Crippen molar-refractivity contribution in [2.45, 2.75) is 6.92 Å². The molecule has 0 radical (unpaired) electrons. The number of furan rings is 1. The van der Waals surface area contributed by atoms with E-state index in [1.54, 1.807) is 12.5 Å². The molecule has 5 nitrogen and oxygen atoms in total. The Morgan fingerprint density at radius 2 is 2.17 bits per heavy atom. The quantitative estimate of drug-likeness (QED) is 0.721. The Hall–Kier alpha value is -2.56. The minimum absolute atomic E-state index is 0.416. The van der Waals surface area contributed by atoms with Crippen molar-refractivity contribution in [2.75, 3.05) is 5.73 Å². The Bertz CT molecular complexity index is 669. The van der Waals surface area contributed by atoms with E-state index in [-0.39, 0.29) is 0 Å². The second kappa shape index (κ2) is 4.03. The fourth-order valence-electron chi connectivity index (χ4n) is 1.92. The van der Waals surface area contributed by atoms with Crippen LogP contribution >= 0.6 is 0 Å². The van der Waals surface area contributed by atoms with Gasteiger partial charge >= 0.3 is 0 Å². The zero-order valence-electron chi connectivity index (χ0n) is 9.84. The molecule has 3 aromatic heterocycles. The van der Waals surface area contributed by atoms with Crippen molar-refractivity contribution in [3.63, 3.8) is 0 Å². The number of nitrogen functional groups attached to an aromatic ring is 1. The molecule has 0 fully saturated rings. The van der Waals surface area contributed by atoms with Gasteiger partial charge in [0, 0.05) is 6.20 Å². The van der Waals surface area contributed by atoms with Crippen LogP contribution in [0, 0.1) is 6.92 Å². The Kier molecular flexibility index (Phi) is 2.37. The fourth-order valence-corrected chi connectivity index (χ4v) is 1.92. The zero-order chi connectivity index (χ0) is 12.5. The smallest absolute Gasteiger partial charge is 0.155 e. The molecule has 18 heavy (non-hydrogen) atoms. The summed E-state index contributed by atoms with van der Waals surface area (Å²) in [5.41, 5.74) is 9.23. The summed E-state index contributed by atoms with van der Waals surface area (Å²) in [7, 11) is 0. The SMILES string of the molecule is Cc1ccoc1-c1[nH]nc(N)c1-c1ccccn1. The fraction of sp³-hybridized carbons (Fsp3) is 0.0769. The lowest BCUT2D eigenvalue weighted by Gasteiger charge is -2.02. The van der Waals surface area contributed by atoms with E-state index >= 15 is 0 Å². The number of anilines is 1. The predicted molar refractivity (Wildman–Crippen MR) is 68.7 cm³/mol. The summed E-state index contributed by atoms with van der Waals surface area (Å²) in [6, 6.07) is 7.56. The molecule has 3 N–H and O–H groups in total. The van der Waals surface area contributed by atoms with E-state index in [2.05, 4.69) is 15.2 Å². The molecule has 0 amide bonds.